The first-order valence-corrected chi connectivity index (χ1v) is 8.89. The van der Waals surface area contributed by atoms with Crippen LogP contribution in [0, 0.1) is 11.3 Å². The van der Waals surface area contributed by atoms with Gasteiger partial charge in [-0.25, -0.2) is 0 Å². The third-order valence-corrected chi connectivity index (χ3v) is 5.87. The van der Waals surface area contributed by atoms with Crippen molar-refractivity contribution in [3.05, 3.63) is 24.3 Å². The molecule has 6 nitrogen and oxygen atoms in total. The summed E-state index contributed by atoms with van der Waals surface area (Å²) in [7, 11) is 1.61. The van der Waals surface area contributed by atoms with Gasteiger partial charge in [0.05, 0.1) is 24.9 Å². The van der Waals surface area contributed by atoms with Gasteiger partial charge >= 0.3 is 5.97 Å². The van der Waals surface area contributed by atoms with Crippen LogP contribution in [0.3, 0.4) is 0 Å². The number of fused-ring (bicyclic) bond motifs is 1. The molecule has 0 spiro atoms. The maximum atomic E-state index is 12.5. The number of ether oxygens (including phenoxy) is 2. The number of hydrogen-bond acceptors (Lipinski definition) is 5. The second-order valence-electron chi connectivity index (χ2n) is 6.23. The van der Waals surface area contributed by atoms with Crippen LogP contribution >= 0.6 is 11.8 Å². The van der Waals surface area contributed by atoms with E-state index >= 15 is 0 Å². The Balaban J connectivity index is 1.62. The van der Waals surface area contributed by atoms with Crippen molar-refractivity contribution in [2.75, 3.05) is 39.2 Å². The summed E-state index contributed by atoms with van der Waals surface area (Å²) in [6, 6.07) is 7.55. The molecule has 1 amide bonds. The summed E-state index contributed by atoms with van der Waals surface area (Å²) in [6.07, 6.45) is 0.472. The van der Waals surface area contributed by atoms with E-state index in [1.807, 2.05) is 24.3 Å². The lowest BCUT2D eigenvalue weighted by Gasteiger charge is -2.33. The molecule has 2 atom stereocenters. The van der Waals surface area contributed by atoms with Crippen LogP contribution in [-0.4, -0.2) is 61.0 Å². The number of methoxy groups -OCH3 is 1. The number of aliphatic carboxylic acids is 1. The van der Waals surface area contributed by atoms with Crippen molar-refractivity contribution >= 4 is 23.6 Å². The van der Waals surface area contributed by atoms with Crippen molar-refractivity contribution in [2.24, 2.45) is 11.3 Å². The summed E-state index contributed by atoms with van der Waals surface area (Å²) < 4.78 is 10.6. The molecular formula is C17H21NO5S. The number of hydrogen-bond donors (Lipinski definition) is 1. The summed E-state index contributed by atoms with van der Waals surface area (Å²) in [5, 5.41) is 9.65. The average molecular weight is 351 g/mol. The van der Waals surface area contributed by atoms with Crippen LogP contribution in [0.25, 0.3) is 0 Å². The molecule has 2 heterocycles. The molecule has 2 aliphatic heterocycles. The average Bonchev–Trinajstić information content (AvgIpc) is 3.01. The Morgan fingerprint density at radius 3 is 3.04 bits per heavy atom. The molecule has 0 aromatic heterocycles. The molecule has 2 fully saturated rings. The number of carbonyl (C=O) groups excluding carboxylic acids is 1. The molecule has 7 heteroatoms. The zero-order valence-corrected chi connectivity index (χ0v) is 14.4. The lowest BCUT2D eigenvalue weighted by molar-refractivity contribution is -0.157. The number of carbonyl (C=O) groups is 2. The summed E-state index contributed by atoms with van der Waals surface area (Å²) in [5.74, 6) is 0.0803. The number of amides is 1. The van der Waals surface area contributed by atoms with Gasteiger partial charge in [-0.05, 0) is 24.6 Å². The predicted octanol–water partition coefficient (Wildman–Crippen LogP) is 1.74. The number of nitrogens with zero attached hydrogens (tertiary/aromatic N) is 1. The minimum Gasteiger partial charge on any atom is -0.497 e. The second kappa shape index (κ2) is 7.03. The van der Waals surface area contributed by atoms with Gasteiger partial charge in [0.15, 0.2) is 0 Å². The lowest BCUT2D eigenvalue weighted by Crippen LogP contribution is -2.45. The molecule has 1 aromatic rings. The van der Waals surface area contributed by atoms with Crippen LogP contribution in [0.15, 0.2) is 29.2 Å². The maximum Gasteiger partial charge on any atom is 0.311 e. The lowest BCUT2D eigenvalue weighted by atomic mass is 9.74. The standard InChI is InChI=1S/C17H21NO5S/c1-22-13-3-2-4-14(7-13)24-10-15(19)18-8-12-9-23-6-5-17(12,11-18)16(20)21/h2-4,7,12H,5-6,8-11H2,1H3,(H,20,21)/t12-,17+/m0/s1. The molecular weight excluding hydrogens is 330 g/mol. The molecule has 2 saturated heterocycles. The highest BCUT2D eigenvalue weighted by Crippen LogP contribution is 2.42. The number of thioether (sulfide) groups is 1. The Kier molecular flexibility index (Phi) is 5.01. The first-order chi connectivity index (χ1) is 11.5. The van der Waals surface area contributed by atoms with Gasteiger partial charge in [-0.2, -0.15) is 0 Å². The van der Waals surface area contributed by atoms with Crippen LogP contribution < -0.4 is 4.74 Å². The van der Waals surface area contributed by atoms with Crippen LogP contribution in [0.5, 0.6) is 5.75 Å². The Hall–Kier alpha value is -1.73. The minimum atomic E-state index is -0.839. The zero-order valence-electron chi connectivity index (χ0n) is 13.6. The number of carboxylic acids is 1. The van der Waals surface area contributed by atoms with E-state index in [4.69, 9.17) is 9.47 Å². The Morgan fingerprint density at radius 1 is 1.50 bits per heavy atom. The second-order valence-corrected chi connectivity index (χ2v) is 7.27. The fourth-order valence-corrected chi connectivity index (χ4v) is 4.26. The van der Waals surface area contributed by atoms with Gasteiger partial charge in [0.25, 0.3) is 0 Å². The van der Waals surface area contributed by atoms with E-state index in [1.54, 1.807) is 12.0 Å². The minimum absolute atomic E-state index is 0.0298. The van der Waals surface area contributed by atoms with E-state index in [0.717, 1.165) is 10.6 Å². The smallest absolute Gasteiger partial charge is 0.311 e. The van der Waals surface area contributed by atoms with Gasteiger partial charge in [0, 0.05) is 30.5 Å². The quantitative estimate of drug-likeness (QED) is 0.815. The van der Waals surface area contributed by atoms with Gasteiger partial charge in [-0.15, -0.1) is 11.8 Å². The molecule has 0 bridgehead atoms. The molecule has 2 aliphatic rings. The van der Waals surface area contributed by atoms with Crippen LogP contribution in [-0.2, 0) is 14.3 Å². The van der Waals surface area contributed by atoms with Gasteiger partial charge in [0.1, 0.15) is 5.75 Å². The molecule has 1 N–H and O–H groups in total. The SMILES string of the molecule is COc1cccc(SCC(=O)N2C[C@H]3COCC[C@@]3(C(=O)O)C2)c1. The van der Waals surface area contributed by atoms with Crippen molar-refractivity contribution in [1.82, 2.24) is 4.90 Å². The summed E-state index contributed by atoms with van der Waals surface area (Å²) in [4.78, 5) is 26.9. The Bertz CT molecular complexity index is 637. The fourth-order valence-electron chi connectivity index (χ4n) is 3.42. The third kappa shape index (κ3) is 3.23. The van der Waals surface area contributed by atoms with Crippen LogP contribution in [0.1, 0.15) is 6.42 Å². The maximum absolute atomic E-state index is 12.5. The monoisotopic (exact) mass is 351 g/mol. The normalized spacial score (nSPS) is 26.0. The van der Waals surface area contributed by atoms with Crippen molar-refractivity contribution in [2.45, 2.75) is 11.3 Å². The topological polar surface area (TPSA) is 76.1 Å². The molecule has 0 radical (unpaired) electrons. The third-order valence-electron chi connectivity index (χ3n) is 4.89. The molecule has 1 aromatic carbocycles. The van der Waals surface area contributed by atoms with Gasteiger partial charge < -0.3 is 19.5 Å². The van der Waals surface area contributed by atoms with E-state index in [1.165, 1.54) is 11.8 Å². The van der Waals surface area contributed by atoms with Gasteiger partial charge in [-0.1, -0.05) is 6.07 Å². The van der Waals surface area contributed by atoms with Crippen molar-refractivity contribution in [1.29, 1.82) is 0 Å². The van der Waals surface area contributed by atoms with E-state index < -0.39 is 11.4 Å². The van der Waals surface area contributed by atoms with E-state index in [2.05, 4.69) is 0 Å². The van der Waals surface area contributed by atoms with E-state index in [0.29, 0.717) is 26.2 Å². The van der Waals surface area contributed by atoms with Crippen LogP contribution in [0.4, 0.5) is 0 Å². The molecule has 0 saturated carbocycles. The Morgan fingerprint density at radius 2 is 2.33 bits per heavy atom. The van der Waals surface area contributed by atoms with Crippen molar-refractivity contribution in [3.8, 4) is 5.75 Å². The van der Waals surface area contributed by atoms with Gasteiger partial charge in [0.2, 0.25) is 5.91 Å². The molecule has 24 heavy (non-hydrogen) atoms. The number of likely N-dealkylation sites (tertiary alicyclic amines) is 1. The Labute approximate surface area is 145 Å². The highest BCUT2D eigenvalue weighted by molar-refractivity contribution is 8.00. The number of rotatable bonds is 5. The first-order valence-electron chi connectivity index (χ1n) is 7.91. The summed E-state index contributed by atoms with van der Waals surface area (Å²) >= 11 is 1.44. The molecule has 130 valence electrons. The first kappa shape index (κ1) is 17.1. The summed E-state index contributed by atoms with van der Waals surface area (Å²) in [5.41, 5.74) is -0.839. The zero-order chi connectivity index (χ0) is 17.2. The highest BCUT2D eigenvalue weighted by atomic mass is 32.2. The molecule has 0 aliphatic carbocycles. The number of carboxylic acid groups (broad SMARTS) is 1. The fraction of sp³-hybridized carbons (Fsp3) is 0.529. The van der Waals surface area contributed by atoms with Crippen molar-refractivity contribution < 1.29 is 24.2 Å². The van der Waals surface area contributed by atoms with E-state index in [9.17, 15) is 14.7 Å². The largest absolute Gasteiger partial charge is 0.497 e. The summed E-state index contributed by atoms with van der Waals surface area (Å²) in [6.45, 7) is 1.61. The van der Waals surface area contributed by atoms with Crippen molar-refractivity contribution in [3.63, 3.8) is 0 Å². The molecule has 3 rings (SSSR count). The molecule has 0 unspecified atom stereocenters. The van der Waals surface area contributed by atoms with Gasteiger partial charge in [-0.3, -0.25) is 9.59 Å². The number of benzene rings is 1. The van der Waals surface area contributed by atoms with Crippen LogP contribution in [0.2, 0.25) is 0 Å². The predicted molar refractivity (Wildman–Crippen MR) is 89.3 cm³/mol. The highest BCUT2D eigenvalue weighted by Gasteiger charge is 2.54. The van der Waals surface area contributed by atoms with E-state index in [-0.39, 0.29) is 24.1 Å².